The van der Waals surface area contributed by atoms with Crippen molar-refractivity contribution in [1.29, 1.82) is 0 Å². The fraction of sp³-hybridized carbons (Fsp3) is 0.500. The van der Waals surface area contributed by atoms with Gasteiger partial charge in [0.15, 0.2) is 0 Å². The average molecular weight is 312 g/mol. The van der Waals surface area contributed by atoms with Gasteiger partial charge in [0, 0.05) is 39.0 Å². The number of rotatable bonds is 7. The van der Waals surface area contributed by atoms with Gasteiger partial charge >= 0.3 is 0 Å². The highest BCUT2D eigenvalue weighted by Gasteiger charge is 2.23. The summed E-state index contributed by atoms with van der Waals surface area (Å²) in [4.78, 5) is 4.38. The van der Waals surface area contributed by atoms with E-state index in [2.05, 4.69) is 25.2 Å². The molecule has 0 saturated heterocycles. The van der Waals surface area contributed by atoms with Crippen molar-refractivity contribution in [2.24, 2.45) is 7.05 Å². The Morgan fingerprint density at radius 2 is 2.19 bits per heavy atom. The Hall–Kier alpha value is -1.71. The quantitative estimate of drug-likeness (QED) is 0.650. The van der Waals surface area contributed by atoms with Crippen LogP contribution < -0.4 is 10.0 Å². The Kier molecular flexibility index (Phi) is 4.76. The summed E-state index contributed by atoms with van der Waals surface area (Å²) >= 11 is 0. The Bertz CT molecular complexity index is 703. The van der Waals surface area contributed by atoms with Gasteiger partial charge in [-0.05, 0) is 14.0 Å². The van der Waals surface area contributed by atoms with Crippen LogP contribution in [0, 0.1) is 6.92 Å². The van der Waals surface area contributed by atoms with Crippen LogP contribution in [0.4, 0.5) is 0 Å². The molecule has 116 valence electrons. The van der Waals surface area contributed by atoms with Gasteiger partial charge in [-0.15, -0.1) is 0 Å². The summed E-state index contributed by atoms with van der Waals surface area (Å²) in [6.45, 7) is 2.37. The van der Waals surface area contributed by atoms with Crippen LogP contribution in [0.15, 0.2) is 17.3 Å². The smallest absolute Gasteiger partial charge is 0.244 e. The Labute approximate surface area is 124 Å². The zero-order valence-corrected chi connectivity index (χ0v) is 13.2. The highest BCUT2D eigenvalue weighted by molar-refractivity contribution is 7.89. The lowest BCUT2D eigenvalue weighted by atomic mass is 10.4. The molecule has 2 aromatic heterocycles. The molecule has 0 aliphatic carbocycles. The molecule has 9 heteroatoms. The van der Waals surface area contributed by atoms with E-state index in [1.807, 2.05) is 17.8 Å². The van der Waals surface area contributed by atoms with Gasteiger partial charge in [0.05, 0.1) is 11.4 Å². The van der Waals surface area contributed by atoms with Gasteiger partial charge in [0.25, 0.3) is 0 Å². The van der Waals surface area contributed by atoms with Crippen LogP contribution in [0.3, 0.4) is 0 Å². The fourth-order valence-corrected chi connectivity index (χ4v) is 3.51. The van der Waals surface area contributed by atoms with E-state index in [0.29, 0.717) is 24.4 Å². The maximum atomic E-state index is 12.4. The Morgan fingerprint density at radius 3 is 2.81 bits per heavy atom. The van der Waals surface area contributed by atoms with Gasteiger partial charge in [-0.2, -0.15) is 5.10 Å². The van der Waals surface area contributed by atoms with Gasteiger partial charge in [-0.3, -0.25) is 5.10 Å². The molecule has 0 unspecified atom stereocenters. The Morgan fingerprint density at radius 1 is 1.43 bits per heavy atom. The van der Waals surface area contributed by atoms with E-state index in [1.165, 1.54) is 0 Å². The van der Waals surface area contributed by atoms with Gasteiger partial charge in [0.1, 0.15) is 10.7 Å². The largest absolute Gasteiger partial charge is 0.338 e. The molecule has 0 amide bonds. The molecular weight excluding hydrogens is 292 g/mol. The molecular formula is C12H20N6O2S. The summed E-state index contributed by atoms with van der Waals surface area (Å²) in [5.41, 5.74) is 1.02. The molecule has 2 aromatic rings. The van der Waals surface area contributed by atoms with Crippen molar-refractivity contribution in [3.05, 3.63) is 29.6 Å². The molecule has 3 N–H and O–H groups in total. The number of aryl methyl sites for hydroxylation is 2. The molecule has 0 radical (unpaired) electrons. The number of hydrogen-bond acceptors (Lipinski definition) is 5. The minimum absolute atomic E-state index is 0.219. The number of nitrogens with zero attached hydrogens (tertiary/aromatic N) is 3. The number of aromatic amines is 1. The van der Waals surface area contributed by atoms with Crippen LogP contribution in [-0.2, 0) is 30.0 Å². The number of aromatic nitrogens is 4. The molecule has 0 aliphatic heterocycles. The third kappa shape index (κ3) is 3.49. The van der Waals surface area contributed by atoms with E-state index in [4.69, 9.17) is 0 Å². The first-order valence-corrected chi connectivity index (χ1v) is 8.08. The lowest BCUT2D eigenvalue weighted by molar-refractivity contribution is 0.577. The van der Waals surface area contributed by atoms with Crippen LogP contribution in [0.1, 0.15) is 17.2 Å². The average Bonchev–Trinajstić information content (AvgIpc) is 2.97. The molecule has 8 nitrogen and oxygen atoms in total. The number of hydrogen-bond donors (Lipinski definition) is 3. The molecule has 0 fully saturated rings. The van der Waals surface area contributed by atoms with Crippen LogP contribution in [-0.4, -0.2) is 41.8 Å². The van der Waals surface area contributed by atoms with E-state index < -0.39 is 10.0 Å². The third-order valence-electron chi connectivity index (χ3n) is 3.14. The van der Waals surface area contributed by atoms with Gasteiger partial charge in [-0.25, -0.2) is 18.1 Å². The molecule has 0 bridgehead atoms. The lowest BCUT2D eigenvalue weighted by Crippen LogP contribution is -2.28. The second-order valence-electron chi connectivity index (χ2n) is 4.76. The monoisotopic (exact) mass is 312 g/mol. The van der Waals surface area contributed by atoms with Gasteiger partial charge in [-0.1, -0.05) is 0 Å². The van der Waals surface area contributed by atoms with Crippen molar-refractivity contribution < 1.29 is 8.42 Å². The zero-order chi connectivity index (χ0) is 15.5. The molecule has 0 saturated carbocycles. The molecule has 0 atom stereocenters. The van der Waals surface area contributed by atoms with Gasteiger partial charge in [0.2, 0.25) is 10.0 Å². The van der Waals surface area contributed by atoms with Crippen molar-refractivity contribution in [2.45, 2.75) is 24.8 Å². The van der Waals surface area contributed by atoms with Crippen molar-refractivity contribution in [1.82, 2.24) is 29.8 Å². The van der Waals surface area contributed by atoms with E-state index in [-0.39, 0.29) is 11.4 Å². The minimum atomic E-state index is -3.59. The number of sulfonamides is 1. The van der Waals surface area contributed by atoms with E-state index in [1.54, 1.807) is 20.2 Å². The molecule has 2 heterocycles. The summed E-state index contributed by atoms with van der Waals surface area (Å²) in [6, 6.07) is 0. The SMILES string of the molecule is CNCc1n[nH]c(C)c1S(=O)(=O)NCCc1nccn1C. The van der Waals surface area contributed by atoms with Crippen LogP contribution in [0.2, 0.25) is 0 Å². The van der Waals surface area contributed by atoms with E-state index in [0.717, 1.165) is 5.82 Å². The summed E-state index contributed by atoms with van der Waals surface area (Å²) in [7, 11) is 0.0347. The predicted molar refractivity (Wildman–Crippen MR) is 78.2 cm³/mol. The topological polar surface area (TPSA) is 105 Å². The van der Waals surface area contributed by atoms with E-state index in [9.17, 15) is 8.42 Å². The van der Waals surface area contributed by atoms with E-state index >= 15 is 0 Å². The molecule has 21 heavy (non-hydrogen) atoms. The highest BCUT2D eigenvalue weighted by atomic mass is 32.2. The normalized spacial score (nSPS) is 12.0. The second-order valence-corrected chi connectivity index (χ2v) is 6.46. The number of imidazole rings is 1. The first-order chi connectivity index (χ1) is 9.95. The number of H-pyrrole nitrogens is 1. The summed E-state index contributed by atoms with van der Waals surface area (Å²) in [5, 5.41) is 9.64. The summed E-state index contributed by atoms with van der Waals surface area (Å²) in [6.07, 6.45) is 4.05. The third-order valence-corrected chi connectivity index (χ3v) is 4.80. The van der Waals surface area contributed by atoms with Crippen LogP contribution in [0.5, 0.6) is 0 Å². The first-order valence-electron chi connectivity index (χ1n) is 6.60. The summed E-state index contributed by atoms with van der Waals surface area (Å²) < 4.78 is 29.3. The molecule has 2 rings (SSSR count). The summed E-state index contributed by atoms with van der Waals surface area (Å²) in [5.74, 6) is 0.831. The molecule has 0 spiro atoms. The van der Waals surface area contributed by atoms with Crippen LogP contribution in [0.25, 0.3) is 0 Å². The first kappa shape index (κ1) is 15.7. The lowest BCUT2D eigenvalue weighted by Gasteiger charge is -2.08. The van der Waals surface area contributed by atoms with Gasteiger partial charge < -0.3 is 9.88 Å². The molecule has 0 aliphatic rings. The zero-order valence-electron chi connectivity index (χ0n) is 12.3. The highest BCUT2D eigenvalue weighted by Crippen LogP contribution is 2.17. The van der Waals surface area contributed by atoms with Crippen LogP contribution >= 0.6 is 0 Å². The molecule has 0 aromatic carbocycles. The maximum Gasteiger partial charge on any atom is 0.244 e. The second kappa shape index (κ2) is 6.37. The van der Waals surface area contributed by atoms with Crippen molar-refractivity contribution in [3.63, 3.8) is 0 Å². The predicted octanol–water partition coefficient (Wildman–Crippen LogP) is -0.308. The maximum absolute atomic E-state index is 12.4. The van der Waals surface area contributed by atoms with Crippen molar-refractivity contribution in [2.75, 3.05) is 13.6 Å². The minimum Gasteiger partial charge on any atom is -0.338 e. The Balaban J connectivity index is 2.08. The van der Waals surface area contributed by atoms with Crippen molar-refractivity contribution >= 4 is 10.0 Å². The standard InChI is InChI=1S/C12H20N6O2S/c1-9-12(10(8-13-2)17-16-9)21(19,20)15-5-4-11-14-6-7-18(11)3/h6-7,13,15H,4-5,8H2,1-3H3,(H,16,17). The van der Waals surface area contributed by atoms with Crippen molar-refractivity contribution in [3.8, 4) is 0 Å². The fourth-order valence-electron chi connectivity index (χ4n) is 2.12. The number of nitrogens with one attached hydrogen (secondary N) is 3.